The molecule has 0 aromatic carbocycles. The molecule has 0 spiro atoms. The molecular weight excluding hydrogens is 1230 g/mol. The highest BCUT2D eigenvalue weighted by atomic mass is 31.2. The maximum absolute atomic E-state index is 13.1. The summed E-state index contributed by atoms with van der Waals surface area (Å²) < 4.78 is 68.5. The zero-order chi connectivity index (χ0) is 69.3. The smallest absolute Gasteiger partial charge is 0.462 e. The second-order valence-corrected chi connectivity index (χ2v) is 30.4. The van der Waals surface area contributed by atoms with E-state index < -0.39 is 97.5 Å². The molecule has 0 amide bonds. The van der Waals surface area contributed by atoms with Crippen molar-refractivity contribution in [1.29, 1.82) is 0 Å². The molecule has 0 heterocycles. The van der Waals surface area contributed by atoms with E-state index >= 15 is 0 Å². The highest BCUT2D eigenvalue weighted by Crippen LogP contribution is 2.45. The molecule has 558 valence electrons. The monoisotopic (exact) mass is 1380 g/mol. The lowest BCUT2D eigenvalue weighted by molar-refractivity contribution is -0.161. The van der Waals surface area contributed by atoms with Crippen molar-refractivity contribution in [1.82, 2.24) is 0 Å². The van der Waals surface area contributed by atoms with E-state index in [1.807, 2.05) is 0 Å². The van der Waals surface area contributed by atoms with Crippen molar-refractivity contribution >= 4 is 39.5 Å². The van der Waals surface area contributed by atoms with E-state index in [9.17, 15) is 43.2 Å². The molecule has 0 saturated carbocycles. The predicted molar refractivity (Wildman–Crippen MR) is 381 cm³/mol. The van der Waals surface area contributed by atoms with Crippen molar-refractivity contribution in [2.75, 3.05) is 39.6 Å². The Morgan fingerprint density at radius 2 is 0.511 bits per heavy atom. The Morgan fingerprint density at radius 3 is 0.755 bits per heavy atom. The number of rotatable bonds is 74. The highest BCUT2D eigenvalue weighted by Gasteiger charge is 2.30. The molecule has 0 aliphatic carbocycles. The molecule has 0 aromatic rings. The van der Waals surface area contributed by atoms with Gasteiger partial charge in [0.05, 0.1) is 26.4 Å². The molecule has 0 fully saturated rings. The number of hydrogen-bond acceptors (Lipinski definition) is 15. The fraction of sp³-hybridized carbons (Fsp3) is 0.947. The minimum atomic E-state index is -4.96. The molecule has 19 heteroatoms. The van der Waals surface area contributed by atoms with Crippen LogP contribution >= 0.6 is 15.6 Å². The molecule has 0 saturated heterocycles. The number of phosphoric ester groups is 2. The van der Waals surface area contributed by atoms with Crippen molar-refractivity contribution in [2.45, 2.75) is 407 Å². The number of ether oxygens (including phenoxy) is 4. The summed E-state index contributed by atoms with van der Waals surface area (Å²) in [5, 5.41) is 10.6. The molecule has 0 aromatic heterocycles. The van der Waals surface area contributed by atoms with Crippen LogP contribution in [0.1, 0.15) is 388 Å². The van der Waals surface area contributed by atoms with Crippen molar-refractivity contribution in [3.05, 3.63) is 0 Å². The minimum absolute atomic E-state index is 0.107. The number of hydrogen-bond donors (Lipinski definition) is 3. The van der Waals surface area contributed by atoms with Crippen LogP contribution in [0.5, 0.6) is 0 Å². The summed E-state index contributed by atoms with van der Waals surface area (Å²) in [5.74, 6) is -0.492. The van der Waals surface area contributed by atoms with Crippen LogP contribution in [0.25, 0.3) is 0 Å². The van der Waals surface area contributed by atoms with E-state index in [4.69, 9.17) is 37.0 Å². The van der Waals surface area contributed by atoms with Crippen molar-refractivity contribution in [2.24, 2.45) is 11.8 Å². The Bertz CT molecular complexity index is 1820. The summed E-state index contributed by atoms with van der Waals surface area (Å²) in [6.07, 6.45) is 53.8. The minimum Gasteiger partial charge on any atom is -0.462 e. The molecule has 7 atom stereocenters. The Hall–Kier alpha value is -1.94. The topological polar surface area (TPSA) is 237 Å². The van der Waals surface area contributed by atoms with Gasteiger partial charge in [0.25, 0.3) is 0 Å². The fourth-order valence-electron chi connectivity index (χ4n) is 11.4. The summed E-state index contributed by atoms with van der Waals surface area (Å²) in [5.41, 5.74) is 0. The molecule has 0 bridgehead atoms. The number of carbonyl (C=O) groups excluding carboxylic acids is 4. The zero-order valence-corrected chi connectivity index (χ0v) is 63.1. The Labute approximate surface area is 575 Å². The van der Waals surface area contributed by atoms with Gasteiger partial charge in [0, 0.05) is 25.7 Å². The van der Waals surface area contributed by atoms with Gasteiger partial charge >= 0.3 is 39.5 Å². The molecule has 94 heavy (non-hydrogen) atoms. The summed E-state index contributed by atoms with van der Waals surface area (Å²) >= 11 is 0. The average Bonchev–Trinajstić information content (AvgIpc) is 2.32. The van der Waals surface area contributed by atoms with Gasteiger partial charge in [-0.05, 0) is 37.5 Å². The maximum atomic E-state index is 13.1. The van der Waals surface area contributed by atoms with Crippen LogP contribution in [0, 0.1) is 11.8 Å². The third kappa shape index (κ3) is 66.0. The van der Waals surface area contributed by atoms with Gasteiger partial charge in [-0.1, -0.05) is 337 Å². The number of esters is 4. The first kappa shape index (κ1) is 92.1. The normalized spacial score (nSPS) is 14.6. The van der Waals surface area contributed by atoms with Gasteiger partial charge in [-0.3, -0.25) is 37.3 Å². The second-order valence-electron chi connectivity index (χ2n) is 27.5. The number of phosphoric acid groups is 2. The summed E-state index contributed by atoms with van der Waals surface area (Å²) in [6.45, 7) is 9.65. The van der Waals surface area contributed by atoms with E-state index in [1.165, 1.54) is 205 Å². The Kier molecular flexibility index (Phi) is 65.5. The van der Waals surface area contributed by atoms with E-state index in [0.717, 1.165) is 102 Å². The van der Waals surface area contributed by atoms with Gasteiger partial charge < -0.3 is 33.8 Å². The molecule has 3 N–H and O–H groups in total. The van der Waals surface area contributed by atoms with Crippen LogP contribution in [-0.2, 0) is 65.4 Å². The summed E-state index contributed by atoms with van der Waals surface area (Å²) in [4.78, 5) is 72.8. The first-order chi connectivity index (χ1) is 45.4. The van der Waals surface area contributed by atoms with Crippen molar-refractivity contribution in [3.8, 4) is 0 Å². The van der Waals surface area contributed by atoms with Gasteiger partial charge in [-0.2, -0.15) is 0 Å². The third-order valence-electron chi connectivity index (χ3n) is 18.2. The van der Waals surface area contributed by atoms with Gasteiger partial charge in [0.1, 0.15) is 19.3 Å². The largest absolute Gasteiger partial charge is 0.472 e. The predicted octanol–water partition coefficient (Wildman–Crippen LogP) is 21.9. The maximum Gasteiger partial charge on any atom is 0.472 e. The Balaban J connectivity index is 5.25. The molecule has 17 nitrogen and oxygen atoms in total. The van der Waals surface area contributed by atoms with Crippen molar-refractivity contribution in [3.63, 3.8) is 0 Å². The van der Waals surface area contributed by atoms with E-state index in [-0.39, 0.29) is 25.7 Å². The number of aliphatic hydroxyl groups excluding tert-OH is 1. The lowest BCUT2D eigenvalue weighted by atomic mass is 9.99. The Morgan fingerprint density at radius 1 is 0.298 bits per heavy atom. The summed E-state index contributed by atoms with van der Waals surface area (Å²) in [6, 6.07) is 0. The average molecular weight is 1380 g/mol. The van der Waals surface area contributed by atoms with Gasteiger partial charge in [-0.15, -0.1) is 0 Å². The van der Waals surface area contributed by atoms with E-state index in [2.05, 4.69) is 41.5 Å². The molecule has 0 rings (SSSR count). The van der Waals surface area contributed by atoms with Gasteiger partial charge in [-0.25, -0.2) is 9.13 Å². The van der Waals surface area contributed by atoms with Crippen LogP contribution in [0.3, 0.4) is 0 Å². The second kappa shape index (κ2) is 66.9. The molecule has 0 aliphatic heterocycles. The van der Waals surface area contributed by atoms with Gasteiger partial charge in [0.2, 0.25) is 0 Å². The van der Waals surface area contributed by atoms with Crippen LogP contribution in [0.15, 0.2) is 0 Å². The van der Waals surface area contributed by atoms with Gasteiger partial charge in [0.15, 0.2) is 12.2 Å². The van der Waals surface area contributed by atoms with Crippen LogP contribution < -0.4 is 0 Å². The lowest BCUT2D eigenvalue weighted by Gasteiger charge is -2.21. The highest BCUT2D eigenvalue weighted by molar-refractivity contribution is 7.47. The summed E-state index contributed by atoms with van der Waals surface area (Å²) in [7, 11) is -9.91. The third-order valence-corrected chi connectivity index (χ3v) is 20.1. The number of unbranched alkanes of at least 4 members (excludes halogenated alkanes) is 42. The van der Waals surface area contributed by atoms with Crippen LogP contribution in [0.2, 0.25) is 0 Å². The molecule has 0 aliphatic rings. The zero-order valence-electron chi connectivity index (χ0n) is 61.3. The first-order valence-corrected chi connectivity index (χ1v) is 42.1. The number of carbonyl (C=O) groups is 4. The van der Waals surface area contributed by atoms with Crippen molar-refractivity contribution < 1.29 is 80.2 Å². The number of aliphatic hydroxyl groups is 1. The van der Waals surface area contributed by atoms with Crippen LogP contribution in [0.4, 0.5) is 0 Å². The molecule has 4 unspecified atom stereocenters. The van der Waals surface area contributed by atoms with E-state index in [1.54, 1.807) is 0 Å². The molecular formula is C75H146O17P2. The van der Waals surface area contributed by atoms with Crippen LogP contribution in [-0.4, -0.2) is 96.7 Å². The standard InChI is InChI=1S/C75H146O17P2/c1-7-11-13-15-17-19-21-28-32-39-45-51-57-72(77)85-63-70(91-74(79)59-53-47-41-33-29-22-20-18-16-14-12-8-2)65-89-93(81,82)87-61-69(76)62-88-94(83,84)90-66-71(64-86-73(78)58-52-46-40-36-35-38-44-50-56-68(6)10-4)92-75(80)60-54-48-42-34-30-26-24-23-25-27-31-37-43-49-55-67(5)9-3/h67-71,76H,7-66H2,1-6H3,(H,81,82)(H,83,84)/t67?,68?,69-,70+,71+/m0/s1. The first-order valence-electron chi connectivity index (χ1n) is 39.1. The molecule has 0 radical (unpaired) electrons. The lowest BCUT2D eigenvalue weighted by Crippen LogP contribution is -2.30. The fourth-order valence-corrected chi connectivity index (χ4v) is 13.0. The quantitative estimate of drug-likeness (QED) is 0.0222. The van der Waals surface area contributed by atoms with E-state index in [0.29, 0.717) is 25.7 Å². The SMILES string of the molecule is CCCCCCCCCCCCCCC(=O)OC[C@H](COP(=O)(O)OC[C@H](O)COP(=O)(O)OC[C@@H](COC(=O)CCCCCCCCCCC(C)CC)OC(=O)CCCCCCCCCCCCCCCCC(C)CC)OC(=O)CCCCCCCCCCCCCC.